The summed E-state index contributed by atoms with van der Waals surface area (Å²) in [5, 5.41) is 0. The molecule has 3 N–H and O–H groups in total. The molecule has 1 aliphatic carbocycles. The average Bonchev–Trinajstić information content (AvgIpc) is 3.50. The molecular formula is C25H32F3N7OS2. The molecule has 2 atom stereocenters. The summed E-state index contributed by atoms with van der Waals surface area (Å²) in [5.74, 6) is 0.665. The van der Waals surface area contributed by atoms with Gasteiger partial charge in [0.05, 0.1) is 16.5 Å². The number of pyridine rings is 1. The van der Waals surface area contributed by atoms with Crippen molar-refractivity contribution in [3.8, 4) is 0 Å². The molecule has 5 rings (SSSR count). The van der Waals surface area contributed by atoms with Crippen molar-refractivity contribution in [2.75, 3.05) is 23.7 Å². The Morgan fingerprint density at radius 3 is 2.53 bits per heavy atom. The molecule has 1 saturated heterocycles. The first-order valence-electron chi connectivity index (χ1n) is 12.6. The van der Waals surface area contributed by atoms with E-state index in [1.165, 1.54) is 18.9 Å². The van der Waals surface area contributed by atoms with Crippen LogP contribution in [0.4, 0.5) is 24.9 Å². The minimum atomic E-state index is -4.57. The van der Waals surface area contributed by atoms with Crippen LogP contribution in [0, 0.1) is 5.41 Å². The van der Waals surface area contributed by atoms with E-state index in [0.717, 1.165) is 43.8 Å². The number of hydrogen-bond acceptors (Lipinski definition) is 8. The summed E-state index contributed by atoms with van der Waals surface area (Å²) in [4.78, 5) is 15.3. The summed E-state index contributed by atoms with van der Waals surface area (Å²) in [6.45, 7) is 7.31. The monoisotopic (exact) mass is 567 g/mol. The molecule has 2 aliphatic rings. The number of aromatic nitrogens is 4. The number of anilines is 2. The van der Waals surface area contributed by atoms with Crippen molar-refractivity contribution in [3.05, 3.63) is 36.4 Å². The van der Waals surface area contributed by atoms with Crippen molar-refractivity contribution in [1.82, 2.24) is 24.1 Å². The Bertz CT molecular complexity index is 1300. The highest BCUT2D eigenvalue weighted by Gasteiger charge is 2.48. The van der Waals surface area contributed by atoms with Gasteiger partial charge in [-0.15, -0.1) is 4.72 Å². The summed E-state index contributed by atoms with van der Waals surface area (Å²) >= 11 is -0.298. The quantitative estimate of drug-likeness (QED) is 0.412. The van der Waals surface area contributed by atoms with Gasteiger partial charge in [-0.05, 0) is 51.5 Å². The van der Waals surface area contributed by atoms with Crippen molar-refractivity contribution >= 4 is 40.5 Å². The first-order chi connectivity index (χ1) is 17.9. The molecule has 8 nitrogen and oxygen atoms in total. The molecule has 1 saturated carbocycles. The van der Waals surface area contributed by atoms with Crippen LogP contribution in [0.25, 0.3) is 5.65 Å². The van der Waals surface area contributed by atoms with Crippen LogP contribution in [-0.4, -0.2) is 47.8 Å². The lowest BCUT2D eigenvalue weighted by molar-refractivity contribution is -0.140. The summed E-state index contributed by atoms with van der Waals surface area (Å²) in [6.07, 6.45) is 6.66. The van der Waals surface area contributed by atoms with E-state index >= 15 is 0 Å². The molecule has 206 valence electrons. The number of nitrogen functional groups attached to an aromatic ring is 1. The third-order valence-electron chi connectivity index (χ3n) is 7.50. The highest BCUT2D eigenvalue weighted by Crippen LogP contribution is 2.47. The highest BCUT2D eigenvalue weighted by molar-refractivity contribution is 7.99. The van der Waals surface area contributed by atoms with E-state index < -0.39 is 23.1 Å². The van der Waals surface area contributed by atoms with Gasteiger partial charge in [0.25, 0.3) is 0 Å². The Hall–Kier alpha value is -2.22. The standard InChI is InChI=1S/C25H32F3N7OS2/c1-23(2,3)38(36)33-19-15-34(10-8-24(19)6-4-5-7-24)22-32-14-18(21-30-9-11-35(21)22)37-17-12-20(29)31-13-16(17)25(26,27)28/h9,11-14,19,33H,4-8,10,15H2,1-3H3,(H2,29,31)/t19?,38-/m1/s1. The predicted octanol–water partition coefficient (Wildman–Crippen LogP) is 5.07. The van der Waals surface area contributed by atoms with Crippen LogP contribution >= 0.6 is 11.8 Å². The van der Waals surface area contributed by atoms with Crippen LogP contribution in [0.2, 0.25) is 0 Å². The fraction of sp³-hybridized carbons (Fsp3) is 0.560. The maximum atomic E-state index is 13.6. The van der Waals surface area contributed by atoms with Gasteiger partial charge < -0.3 is 15.2 Å². The molecule has 1 aliphatic heterocycles. The molecule has 3 aromatic heterocycles. The number of nitrogens with one attached hydrogen (secondary N) is 1. The summed E-state index contributed by atoms with van der Waals surface area (Å²) in [7, 11) is 0. The van der Waals surface area contributed by atoms with E-state index in [4.69, 9.17) is 5.73 Å². The molecule has 0 amide bonds. The number of halogens is 3. The normalized spacial score (nSPS) is 20.9. The second-order valence-electron chi connectivity index (χ2n) is 11.1. The number of alkyl halides is 3. The van der Waals surface area contributed by atoms with Gasteiger partial charge in [0.2, 0.25) is 5.95 Å². The third kappa shape index (κ3) is 5.30. The van der Waals surface area contributed by atoms with Crippen LogP contribution in [-0.2, 0) is 17.5 Å². The molecule has 0 aromatic carbocycles. The lowest BCUT2D eigenvalue weighted by atomic mass is 9.73. The summed E-state index contributed by atoms with van der Waals surface area (Å²) in [5.41, 5.74) is 5.46. The van der Waals surface area contributed by atoms with Gasteiger partial charge in [-0.1, -0.05) is 24.6 Å². The van der Waals surface area contributed by atoms with Crippen LogP contribution < -0.4 is 15.4 Å². The van der Waals surface area contributed by atoms with Gasteiger partial charge in [0.15, 0.2) is 5.65 Å². The number of piperidine rings is 1. The fourth-order valence-corrected chi connectivity index (χ4v) is 7.40. The lowest BCUT2D eigenvalue weighted by Crippen LogP contribution is -2.60. The number of nitrogens with zero attached hydrogens (tertiary/aromatic N) is 5. The zero-order chi connectivity index (χ0) is 27.3. The van der Waals surface area contributed by atoms with Crippen LogP contribution in [0.15, 0.2) is 40.6 Å². The zero-order valence-electron chi connectivity index (χ0n) is 21.6. The Kier molecular flexibility index (Phi) is 7.25. The van der Waals surface area contributed by atoms with Gasteiger partial charge >= 0.3 is 6.18 Å². The number of imidazole rings is 1. The van der Waals surface area contributed by atoms with Gasteiger partial charge in [-0.2, -0.15) is 13.2 Å². The van der Waals surface area contributed by atoms with Crippen molar-refractivity contribution < 1.29 is 17.7 Å². The molecule has 13 heteroatoms. The second-order valence-corrected chi connectivity index (χ2v) is 14.1. The van der Waals surface area contributed by atoms with Gasteiger partial charge in [0.1, 0.15) is 10.6 Å². The summed E-state index contributed by atoms with van der Waals surface area (Å²) in [6, 6.07) is 1.25. The largest absolute Gasteiger partial charge is 0.598 e. The SMILES string of the molecule is CC(C)(C)[S@@+]([O-])NC1CN(c2ncc(Sc3cc(N)ncc3C(F)(F)F)c3nccn23)CCC12CCCC2. The first kappa shape index (κ1) is 27.4. The first-order valence-corrected chi connectivity index (χ1v) is 14.6. The van der Waals surface area contributed by atoms with E-state index in [1.54, 1.807) is 18.6 Å². The fourth-order valence-electron chi connectivity index (χ4n) is 5.42. The van der Waals surface area contributed by atoms with Crippen LogP contribution in [0.5, 0.6) is 0 Å². The van der Waals surface area contributed by atoms with E-state index in [9.17, 15) is 17.7 Å². The van der Waals surface area contributed by atoms with Crippen LogP contribution in [0.1, 0.15) is 58.4 Å². The van der Waals surface area contributed by atoms with E-state index in [2.05, 4.69) is 24.6 Å². The minimum Gasteiger partial charge on any atom is -0.598 e. The highest BCUT2D eigenvalue weighted by atomic mass is 32.2. The Labute approximate surface area is 227 Å². The average molecular weight is 568 g/mol. The Balaban J connectivity index is 1.45. The smallest absolute Gasteiger partial charge is 0.418 e. The second kappa shape index (κ2) is 10.1. The van der Waals surface area contributed by atoms with E-state index in [0.29, 0.717) is 23.0 Å². The number of hydrogen-bond donors (Lipinski definition) is 2. The minimum absolute atomic E-state index is 0.00443. The lowest BCUT2D eigenvalue weighted by Gasteiger charge is -2.46. The Morgan fingerprint density at radius 1 is 1.11 bits per heavy atom. The number of fused-ring (bicyclic) bond motifs is 1. The number of rotatable bonds is 5. The van der Waals surface area contributed by atoms with Crippen molar-refractivity contribution in [2.45, 2.75) is 79.6 Å². The van der Waals surface area contributed by atoms with Gasteiger partial charge in [0, 0.05) is 54.1 Å². The topological polar surface area (TPSA) is 107 Å². The zero-order valence-corrected chi connectivity index (χ0v) is 23.2. The number of nitrogens with two attached hydrogens (primary N) is 1. The van der Waals surface area contributed by atoms with Crippen molar-refractivity contribution in [3.63, 3.8) is 0 Å². The maximum Gasteiger partial charge on any atom is 0.418 e. The van der Waals surface area contributed by atoms with Crippen molar-refractivity contribution in [1.29, 1.82) is 0 Å². The van der Waals surface area contributed by atoms with E-state index in [-0.39, 0.29) is 26.9 Å². The molecule has 0 radical (unpaired) electrons. The predicted molar refractivity (Wildman–Crippen MR) is 143 cm³/mol. The molecule has 3 aromatic rings. The Morgan fingerprint density at radius 2 is 1.84 bits per heavy atom. The van der Waals surface area contributed by atoms with Gasteiger partial charge in [-0.25, -0.2) is 15.0 Å². The maximum absolute atomic E-state index is 13.6. The summed E-state index contributed by atoms with van der Waals surface area (Å²) < 4.78 is 58.8. The third-order valence-corrected chi connectivity index (χ3v) is 10.2. The molecule has 2 fully saturated rings. The van der Waals surface area contributed by atoms with Gasteiger partial charge in [-0.3, -0.25) is 4.40 Å². The molecule has 1 spiro atoms. The van der Waals surface area contributed by atoms with Crippen LogP contribution in [0.3, 0.4) is 0 Å². The molecule has 0 bridgehead atoms. The molecule has 4 heterocycles. The van der Waals surface area contributed by atoms with Crippen molar-refractivity contribution in [2.24, 2.45) is 5.41 Å². The molecule has 1 unspecified atom stereocenters. The van der Waals surface area contributed by atoms with E-state index in [1.807, 2.05) is 25.2 Å². The molecule has 38 heavy (non-hydrogen) atoms. The molecular weight excluding hydrogens is 535 g/mol.